The molecule has 4 heteroatoms. The normalized spacial score (nSPS) is 11.1. The first kappa shape index (κ1) is 14.6. The number of nitrogens with two attached hydrogens (primary N) is 1. The van der Waals surface area contributed by atoms with Crippen LogP contribution in [0.15, 0.2) is 22.7 Å². The van der Waals surface area contributed by atoms with Gasteiger partial charge in [-0.3, -0.25) is 0 Å². The van der Waals surface area contributed by atoms with Crippen LogP contribution in [0, 0.1) is 13.8 Å². The van der Waals surface area contributed by atoms with Crippen LogP contribution >= 0.6 is 0 Å². The zero-order valence-electron chi connectivity index (χ0n) is 12.6. The fourth-order valence-corrected chi connectivity index (χ4v) is 2.23. The topological polar surface area (TPSA) is 61.3 Å². The third-order valence-electron chi connectivity index (χ3n) is 3.18. The molecule has 2 N–H and O–H groups in total. The summed E-state index contributed by atoms with van der Waals surface area (Å²) in [5.41, 5.74) is 9.75. The Morgan fingerprint density at radius 2 is 2.05 bits per heavy atom. The van der Waals surface area contributed by atoms with E-state index in [1.54, 1.807) is 0 Å². The van der Waals surface area contributed by atoms with Crippen LogP contribution in [0.2, 0.25) is 0 Å². The summed E-state index contributed by atoms with van der Waals surface area (Å²) in [7, 11) is 0. The first-order chi connectivity index (χ1) is 9.52. The summed E-state index contributed by atoms with van der Waals surface area (Å²) >= 11 is 0. The van der Waals surface area contributed by atoms with Gasteiger partial charge in [0.25, 0.3) is 0 Å². The SMILES string of the molecule is Cc1cc(-c2onc(C)c2CCN)ccc1OC(C)C. The fraction of sp³-hybridized carbons (Fsp3) is 0.438. The lowest BCUT2D eigenvalue weighted by atomic mass is 10.0. The van der Waals surface area contributed by atoms with E-state index in [2.05, 4.69) is 11.2 Å². The Labute approximate surface area is 119 Å². The van der Waals surface area contributed by atoms with Gasteiger partial charge < -0.3 is 15.0 Å². The van der Waals surface area contributed by atoms with Gasteiger partial charge in [0, 0.05) is 11.1 Å². The molecule has 0 saturated heterocycles. The van der Waals surface area contributed by atoms with Crippen LogP contribution in [0.4, 0.5) is 0 Å². The van der Waals surface area contributed by atoms with Gasteiger partial charge in [-0.2, -0.15) is 0 Å². The van der Waals surface area contributed by atoms with E-state index < -0.39 is 0 Å². The zero-order valence-corrected chi connectivity index (χ0v) is 12.6. The van der Waals surface area contributed by atoms with Crippen LogP contribution in [0.1, 0.15) is 30.7 Å². The minimum atomic E-state index is 0.167. The number of rotatable bonds is 5. The second kappa shape index (κ2) is 6.09. The number of nitrogens with zero attached hydrogens (tertiary/aromatic N) is 1. The Morgan fingerprint density at radius 3 is 2.65 bits per heavy atom. The van der Waals surface area contributed by atoms with E-state index >= 15 is 0 Å². The van der Waals surface area contributed by atoms with Crippen LogP contribution in [0.3, 0.4) is 0 Å². The molecule has 0 unspecified atom stereocenters. The molecule has 0 amide bonds. The Kier molecular flexibility index (Phi) is 4.45. The molecule has 4 nitrogen and oxygen atoms in total. The monoisotopic (exact) mass is 274 g/mol. The molecule has 0 aliphatic carbocycles. The third kappa shape index (κ3) is 3.02. The highest BCUT2D eigenvalue weighted by Crippen LogP contribution is 2.30. The number of hydrogen-bond donors (Lipinski definition) is 1. The maximum absolute atomic E-state index is 5.75. The Balaban J connectivity index is 2.37. The van der Waals surface area contributed by atoms with Gasteiger partial charge in [0.2, 0.25) is 0 Å². The highest BCUT2D eigenvalue weighted by atomic mass is 16.5. The van der Waals surface area contributed by atoms with Crippen molar-refractivity contribution in [1.29, 1.82) is 0 Å². The summed E-state index contributed by atoms with van der Waals surface area (Å²) in [6.45, 7) is 8.61. The summed E-state index contributed by atoms with van der Waals surface area (Å²) in [4.78, 5) is 0. The molecule has 1 aromatic heterocycles. The molecule has 0 bridgehead atoms. The predicted octanol–water partition coefficient (Wildman–Crippen LogP) is 3.25. The maximum Gasteiger partial charge on any atom is 0.170 e. The number of aromatic nitrogens is 1. The standard InChI is InChI=1S/C16H22N2O2/c1-10(2)19-15-6-5-13(9-11(15)3)16-14(7-8-17)12(4)18-20-16/h5-6,9-10H,7-8,17H2,1-4H3. The molecule has 2 aromatic rings. The summed E-state index contributed by atoms with van der Waals surface area (Å²) < 4.78 is 11.2. The fourth-order valence-electron chi connectivity index (χ4n) is 2.23. The zero-order chi connectivity index (χ0) is 14.7. The summed E-state index contributed by atoms with van der Waals surface area (Å²) in [6.07, 6.45) is 0.938. The average Bonchev–Trinajstić information content (AvgIpc) is 2.74. The maximum atomic E-state index is 5.75. The Hall–Kier alpha value is -1.81. The van der Waals surface area contributed by atoms with Crippen molar-refractivity contribution in [2.24, 2.45) is 5.73 Å². The van der Waals surface area contributed by atoms with Gasteiger partial charge in [0.15, 0.2) is 5.76 Å². The van der Waals surface area contributed by atoms with Crippen molar-refractivity contribution in [2.75, 3.05) is 6.54 Å². The van der Waals surface area contributed by atoms with E-state index in [0.717, 1.165) is 40.3 Å². The van der Waals surface area contributed by atoms with E-state index in [-0.39, 0.29) is 6.10 Å². The van der Waals surface area contributed by atoms with Crippen molar-refractivity contribution in [1.82, 2.24) is 5.16 Å². The number of ether oxygens (including phenoxy) is 1. The average molecular weight is 274 g/mol. The van der Waals surface area contributed by atoms with Crippen LogP contribution in [0.25, 0.3) is 11.3 Å². The van der Waals surface area contributed by atoms with E-state index in [9.17, 15) is 0 Å². The van der Waals surface area contributed by atoms with Gasteiger partial charge >= 0.3 is 0 Å². The molecule has 0 aliphatic rings. The van der Waals surface area contributed by atoms with E-state index in [0.29, 0.717) is 6.54 Å². The molecule has 2 rings (SSSR count). The molecule has 0 saturated carbocycles. The molecule has 0 atom stereocenters. The van der Waals surface area contributed by atoms with Crippen LogP contribution in [-0.4, -0.2) is 17.8 Å². The summed E-state index contributed by atoms with van der Waals surface area (Å²) in [5, 5.41) is 4.05. The van der Waals surface area contributed by atoms with Crippen LogP contribution in [-0.2, 0) is 6.42 Å². The van der Waals surface area contributed by atoms with Gasteiger partial charge in [-0.1, -0.05) is 5.16 Å². The lowest BCUT2D eigenvalue weighted by Crippen LogP contribution is -2.06. The van der Waals surface area contributed by atoms with E-state index in [4.69, 9.17) is 15.0 Å². The largest absolute Gasteiger partial charge is 0.491 e. The lowest BCUT2D eigenvalue weighted by molar-refractivity contribution is 0.241. The van der Waals surface area contributed by atoms with Crippen LogP contribution in [0.5, 0.6) is 5.75 Å². The van der Waals surface area contributed by atoms with Crippen LogP contribution < -0.4 is 10.5 Å². The van der Waals surface area contributed by atoms with E-state index in [1.807, 2.05) is 39.8 Å². The van der Waals surface area contributed by atoms with Gasteiger partial charge in [-0.05, 0) is 64.4 Å². The molecule has 0 fully saturated rings. The van der Waals surface area contributed by atoms with Gasteiger partial charge in [0.05, 0.1) is 11.8 Å². The molecule has 0 aliphatic heterocycles. The number of hydrogen-bond acceptors (Lipinski definition) is 4. The third-order valence-corrected chi connectivity index (χ3v) is 3.18. The molecule has 20 heavy (non-hydrogen) atoms. The first-order valence-electron chi connectivity index (χ1n) is 6.95. The molecule has 0 radical (unpaired) electrons. The van der Waals surface area contributed by atoms with Crippen molar-refractivity contribution in [3.63, 3.8) is 0 Å². The lowest BCUT2D eigenvalue weighted by Gasteiger charge is -2.13. The molecular formula is C16H22N2O2. The Morgan fingerprint density at radius 1 is 1.30 bits per heavy atom. The minimum absolute atomic E-state index is 0.167. The van der Waals surface area contributed by atoms with Crippen molar-refractivity contribution in [3.8, 4) is 17.1 Å². The minimum Gasteiger partial charge on any atom is -0.491 e. The van der Waals surface area contributed by atoms with Gasteiger partial charge in [0.1, 0.15) is 5.75 Å². The second-order valence-corrected chi connectivity index (χ2v) is 5.26. The van der Waals surface area contributed by atoms with Crippen molar-refractivity contribution in [2.45, 2.75) is 40.2 Å². The number of aryl methyl sites for hydroxylation is 2. The molecule has 0 spiro atoms. The second-order valence-electron chi connectivity index (χ2n) is 5.26. The quantitative estimate of drug-likeness (QED) is 0.909. The van der Waals surface area contributed by atoms with Gasteiger partial charge in [-0.25, -0.2) is 0 Å². The highest BCUT2D eigenvalue weighted by molar-refractivity contribution is 5.64. The van der Waals surface area contributed by atoms with E-state index in [1.165, 1.54) is 0 Å². The summed E-state index contributed by atoms with van der Waals surface area (Å²) in [5.74, 6) is 1.72. The Bertz CT molecular complexity index is 588. The van der Waals surface area contributed by atoms with Crippen molar-refractivity contribution in [3.05, 3.63) is 35.0 Å². The van der Waals surface area contributed by atoms with Gasteiger partial charge in [-0.15, -0.1) is 0 Å². The highest BCUT2D eigenvalue weighted by Gasteiger charge is 2.15. The molecule has 1 aromatic carbocycles. The summed E-state index contributed by atoms with van der Waals surface area (Å²) in [6, 6.07) is 6.05. The van der Waals surface area contributed by atoms with Crippen molar-refractivity contribution >= 4 is 0 Å². The molecule has 1 heterocycles. The van der Waals surface area contributed by atoms with Crippen molar-refractivity contribution < 1.29 is 9.26 Å². The number of benzene rings is 1. The molecular weight excluding hydrogens is 252 g/mol. The first-order valence-corrected chi connectivity index (χ1v) is 6.95. The smallest absolute Gasteiger partial charge is 0.170 e. The predicted molar refractivity (Wildman–Crippen MR) is 79.9 cm³/mol. The molecule has 108 valence electrons.